The van der Waals surface area contributed by atoms with Crippen LogP contribution in [0.3, 0.4) is 0 Å². The van der Waals surface area contributed by atoms with Crippen molar-refractivity contribution in [2.75, 3.05) is 5.73 Å². The molecule has 0 unspecified atom stereocenters. The van der Waals surface area contributed by atoms with E-state index in [1.54, 1.807) is 7.05 Å². The molecule has 7 nitrogen and oxygen atoms in total. The molecule has 2 N–H and O–H groups in total. The second-order valence-electron chi connectivity index (χ2n) is 5.78. The summed E-state index contributed by atoms with van der Waals surface area (Å²) in [6.07, 6.45) is 6.58. The Balaban J connectivity index is 2.54. The number of pyridine rings is 1. The summed E-state index contributed by atoms with van der Waals surface area (Å²) in [6.45, 7) is 0. The molecule has 1 aliphatic rings. The molecule has 0 bridgehead atoms. The number of hydrogen-bond donors (Lipinski definition) is 1. The van der Waals surface area contributed by atoms with Crippen molar-refractivity contribution in [1.82, 2.24) is 14.1 Å². The molecular formula is C16H17N5O2. The van der Waals surface area contributed by atoms with Gasteiger partial charge in [-0.05, 0) is 30.7 Å². The highest BCUT2D eigenvalue weighted by atomic mass is 16.2. The van der Waals surface area contributed by atoms with Gasteiger partial charge in [0.2, 0.25) is 0 Å². The smallest absolute Gasteiger partial charge is 0.332 e. The summed E-state index contributed by atoms with van der Waals surface area (Å²) in [5.74, 6) is 0.0838. The molecule has 7 heteroatoms. The van der Waals surface area contributed by atoms with Crippen LogP contribution in [-0.2, 0) is 14.1 Å². The van der Waals surface area contributed by atoms with Gasteiger partial charge in [-0.1, -0.05) is 12.2 Å². The summed E-state index contributed by atoms with van der Waals surface area (Å²) in [5, 5.41) is 9.83. The number of nitrogens with two attached hydrogens (primary N) is 1. The van der Waals surface area contributed by atoms with E-state index in [0.717, 1.165) is 23.8 Å². The molecule has 1 aliphatic carbocycles. The SMILES string of the molecule is Cn1c(=O)c2c([C@H]3CC=CCC3)c(C#N)c(N)nc2n(C)c1=O. The lowest BCUT2D eigenvalue weighted by atomic mass is 9.84. The Labute approximate surface area is 132 Å². The van der Waals surface area contributed by atoms with Crippen LogP contribution in [0.15, 0.2) is 21.7 Å². The minimum Gasteiger partial charge on any atom is -0.383 e. The first-order valence-electron chi connectivity index (χ1n) is 7.41. The average molecular weight is 311 g/mol. The van der Waals surface area contributed by atoms with Gasteiger partial charge in [0, 0.05) is 14.1 Å². The van der Waals surface area contributed by atoms with Crippen LogP contribution in [0, 0.1) is 11.3 Å². The Kier molecular flexibility index (Phi) is 3.52. The molecule has 0 fully saturated rings. The van der Waals surface area contributed by atoms with Crippen molar-refractivity contribution in [3.63, 3.8) is 0 Å². The number of nitrogens with zero attached hydrogens (tertiary/aromatic N) is 4. The van der Waals surface area contributed by atoms with Crippen molar-refractivity contribution in [2.24, 2.45) is 14.1 Å². The largest absolute Gasteiger partial charge is 0.383 e. The molecule has 0 amide bonds. The highest BCUT2D eigenvalue weighted by Gasteiger charge is 2.25. The average Bonchev–Trinajstić information content (AvgIpc) is 2.57. The minimum atomic E-state index is -0.464. The van der Waals surface area contributed by atoms with E-state index >= 15 is 0 Å². The number of nitrogen functional groups attached to an aromatic ring is 1. The zero-order valence-electron chi connectivity index (χ0n) is 13.0. The van der Waals surface area contributed by atoms with E-state index in [9.17, 15) is 14.9 Å². The Morgan fingerprint density at radius 2 is 2.04 bits per heavy atom. The van der Waals surface area contributed by atoms with Gasteiger partial charge in [0.25, 0.3) is 5.56 Å². The molecule has 1 atom stereocenters. The Morgan fingerprint density at radius 1 is 1.30 bits per heavy atom. The van der Waals surface area contributed by atoms with Crippen LogP contribution < -0.4 is 17.0 Å². The predicted molar refractivity (Wildman–Crippen MR) is 87.1 cm³/mol. The summed E-state index contributed by atoms with van der Waals surface area (Å²) in [7, 11) is 2.98. The summed E-state index contributed by atoms with van der Waals surface area (Å²) < 4.78 is 2.35. The molecule has 23 heavy (non-hydrogen) atoms. The van der Waals surface area contributed by atoms with E-state index in [-0.39, 0.29) is 22.9 Å². The molecule has 0 saturated heterocycles. The summed E-state index contributed by atoms with van der Waals surface area (Å²) in [6, 6.07) is 2.09. The number of aryl methyl sites for hydroxylation is 1. The van der Waals surface area contributed by atoms with E-state index in [2.05, 4.69) is 17.1 Å². The fraction of sp³-hybridized carbons (Fsp3) is 0.375. The van der Waals surface area contributed by atoms with Crippen molar-refractivity contribution >= 4 is 16.9 Å². The number of fused-ring (bicyclic) bond motifs is 1. The zero-order chi connectivity index (χ0) is 16.7. The van der Waals surface area contributed by atoms with Crippen molar-refractivity contribution < 1.29 is 0 Å². The van der Waals surface area contributed by atoms with Crippen LogP contribution in [0.25, 0.3) is 11.0 Å². The number of rotatable bonds is 1. The standard InChI is InChI=1S/C16H17N5O2/c1-20-14-12(15(22)21(2)16(20)23)11(9-6-4-3-5-7-9)10(8-17)13(18)19-14/h3-4,9H,5-7H2,1-2H3,(H2,18,19)/t9-/m0/s1. The van der Waals surface area contributed by atoms with Crippen molar-refractivity contribution in [1.29, 1.82) is 5.26 Å². The molecule has 0 aromatic carbocycles. The maximum Gasteiger partial charge on any atom is 0.332 e. The van der Waals surface area contributed by atoms with Crippen molar-refractivity contribution in [3.05, 3.63) is 44.1 Å². The lowest BCUT2D eigenvalue weighted by Gasteiger charge is -2.22. The van der Waals surface area contributed by atoms with Crippen LogP contribution in [0.4, 0.5) is 5.82 Å². The van der Waals surface area contributed by atoms with Crippen molar-refractivity contribution in [2.45, 2.75) is 25.2 Å². The minimum absolute atomic E-state index is 0.0210. The first kappa shape index (κ1) is 15.0. The monoisotopic (exact) mass is 311 g/mol. The topological polar surface area (TPSA) is 107 Å². The molecule has 2 heterocycles. The highest BCUT2D eigenvalue weighted by Crippen LogP contribution is 2.35. The lowest BCUT2D eigenvalue weighted by molar-refractivity contribution is 0.616. The summed E-state index contributed by atoms with van der Waals surface area (Å²) in [4.78, 5) is 29.0. The van der Waals surface area contributed by atoms with Gasteiger partial charge in [-0.15, -0.1) is 0 Å². The maximum atomic E-state index is 12.7. The van der Waals surface area contributed by atoms with Crippen LogP contribution in [0.2, 0.25) is 0 Å². The third-order valence-corrected chi connectivity index (χ3v) is 4.44. The molecule has 3 rings (SSSR count). The second-order valence-corrected chi connectivity index (χ2v) is 5.78. The van der Waals surface area contributed by atoms with Gasteiger partial charge in [0.15, 0.2) is 5.65 Å². The van der Waals surface area contributed by atoms with Gasteiger partial charge in [0.05, 0.1) is 10.9 Å². The summed E-state index contributed by atoms with van der Waals surface area (Å²) in [5.41, 5.74) is 6.14. The quantitative estimate of drug-likeness (QED) is 0.788. The molecule has 0 saturated carbocycles. The first-order chi connectivity index (χ1) is 11.0. The number of allylic oxidation sites excluding steroid dienone is 2. The van der Waals surface area contributed by atoms with Crippen LogP contribution >= 0.6 is 0 Å². The summed E-state index contributed by atoms with van der Waals surface area (Å²) >= 11 is 0. The lowest BCUT2D eigenvalue weighted by Crippen LogP contribution is -2.38. The molecule has 0 radical (unpaired) electrons. The Morgan fingerprint density at radius 3 is 2.65 bits per heavy atom. The van der Waals surface area contributed by atoms with Crippen molar-refractivity contribution in [3.8, 4) is 6.07 Å². The van der Waals surface area contributed by atoms with Crippen LogP contribution in [0.5, 0.6) is 0 Å². The number of nitriles is 1. The number of anilines is 1. The van der Waals surface area contributed by atoms with E-state index in [0.29, 0.717) is 10.9 Å². The van der Waals surface area contributed by atoms with E-state index < -0.39 is 11.2 Å². The predicted octanol–water partition coefficient (Wildman–Crippen LogP) is 0.910. The molecule has 0 spiro atoms. The highest BCUT2D eigenvalue weighted by molar-refractivity contribution is 5.84. The van der Waals surface area contributed by atoms with Gasteiger partial charge in [0.1, 0.15) is 11.9 Å². The molecule has 2 aromatic rings. The van der Waals surface area contributed by atoms with E-state index in [4.69, 9.17) is 5.73 Å². The Hall–Kier alpha value is -2.88. The van der Waals surface area contributed by atoms with Gasteiger partial charge < -0.3 is 5.73 Å². The van der Waals surface area contributed by atoms with Gasteiger partial charge in [-0.25, -0.2) is 9.78 Å². The fourth-order valence-electron chi connectivity index (χ4n) is 3.21. The fourth-order valence-corrected chi connectivity index (χ4v) is 3.21. The Bertz CT molecular complexity index is 991. The first-order valence-corrected chi connectivity index (χ1v) is 7.41. The molecular weight excluding hydrogens is 294 g/mol. The zero-order valence-corrected chi connectivity index (χ0v) is 13.0. The van der Waals surface area contributed by atoms with Gasteiger partial charge >= 0.3 is 5.69 Å². The number of hydrogen-bond acceptors (Lipinski definition) is 5. The number of aromatic nitrogens is 3. The van der Waals surface area contributed by atoms with Gasteiger partial charge in [-0.3, -0.25) is 13.9 Å². The third-order valence-electron chi connectivity index (χ3n) is 4.44. The molecule has 2 aromatic heterocycles. The normalized spacial score (nSPS) is 17.3. The van der Waals surface area contributed by atoms with E-state index in [1.165, 1.54) is 11.6 Å². The van der Waals surface area contributed by atoms with Gasteiger partial charge in [-0.2, -0.15) is 5.26 Å². The molecule has 0 aliphatic heterocycles. The third kappa shape index (κ3) is 2.14. The van der Waals surface area contributed by atoms with E-state index in [1.807, 2.05) is 6.08 Å². The maximum absolute atomic E-state index is 12.7. The second kappa shape index (κ2) is 5.39. The van der Waals surface area contributed by atoms with Crippen LogP contribution in [-0.4, -0.2) is 14.1 Å². The molecule has 118 valence electrons. The van der Waals surface area contributed by atoms with Crippen LogP contribution in [0.1, 0.15) is 36.3 Å².